The molecule has 4 heteroatoms. The number of likely N-dealkylation sites (N-methyl/N-ethyl adjacent to an activating group) is 1. The average molecular weight is 313 g/mol. The topological polar surface area (TPSA) is 42.8 Å². The van der Waals surface area contributed by atoms with Crippen LogP contribution in [0.4, 0.5) is 5.69 Å². The van der Waals surface area contributed by atoms with Crippen molar-refractivity contribution in [3.8, 4) is 5.75 Å². The molecule has 0 radical (unpaired) electrons. The van der Waals surface area contributed by atoms with Gasteiger partial charge in [0.25, 0.3) is 5.91 Å². The standard InChI is InChI=1S/C19H24N2O2/c1-4-21(15(2)16-8-6-5-7-9-16)14-19(22)20-17-10-12-18(23-3)13-11-17/h5-13,15H,4,14H2,1-3H3,(H,20,22)/p+1/t15-/m1/s1. The Morgan fingerprint density at radius 2 is 1.78 bits per heavy atom. The first kappa shape index (κ1) is 17.0. The number of amides is 1. The lowest BCUT2D eigenvalue weighted by Crippen LogP contribution is -3.12. The number of hydrogen-bond donors (Lipinski definition) is 2. The number of quaternary nitrogens is 1. The second kappa shape index (κ2) is 8.34. The number of anilines is 1. The van der Waals surface area contributed by atoms with Gasteiger partial charge in [0.1, 0.15) is 11.8 Å². The van der Waals surface area contributed by atoms with E-state index in [1.807, 2.05) is 42.5 Å². The van der Waals surface area contributed by atoms with Crippen molar-refractivity contribution in [1.82, 2.24) is 0 Å². The van der Waals surface area contributed by atoms with Crippen molar-refractivity contribution in [2.24, 2.45) is 0 Å². The number of ether oxygens (including phenoxy) is 1. The Morgan fingerprint density at radius 1 is 1.13 bits per heavy atom. The van der Waals surface area contributed by atoms with Crippen LogP contribution in [0.5, 0.6) is 5.75 Å². The van der Waals surface area contributed by atoms with E-state index in [1.54, 1.807) is 7.11 Å². The fraction of sp³-hybridized carbons (Fsp3) is 0.316. The summed E-state index contributed by atoms with van der Waals surface area (Å²) in [6, 6.07) is 18.0. The molecular formula is C19H25N2O2+. The molecule has 2 aromatic rings. The molecule has 2 atom stereocenters. The molecule has 0 saturated carbocycles. The lowest BCUT2D eigenvalue weighted by Gasteiger charge is -2.24. The van der Waals surface area contributed by atoms with Crippen molar-refractivity contribution < 1.29 is 14.4 Å². The van der Waals surface area contributed by atoms with Crippen molar-refractivity contribution in [1.29, 1.82) is 0 Å². The minimum absolute atomic E-state index is 0.0230. The van der Waals surface area contributed by atoms with Crippen LogP contribution >= 0.6 is 0 Å². The van der Waals surface area contributed by atoms with E-state index in [2.05, 4.69) is 31.3 Å². The van der Waals surface area contributed by atoms with Gasteiger partial charge in [0.05, 0.1) is 13.7 Å². The molecule has 4 nitrogen and oxygen atoms in total. The van der Waals surface area contributed by atoms with Crippen molar-refractivity contribution in [2.45, 2.75) is 19.9 Å². The monoisotopic (exact) mass is 313 g/mol. The van der Waals surface area contributed by atoms with Crippen molar-refractivity contribution in [2.75, 3.05) is 25.5 Å². The van der Waals surface area contributed by atoms with Gasteiger partial charge in [-0.3, -0.25) is 4.79 Å². The molecule has 0 bridgehead atoms. The zero-order valence-corrected chi connectivity index (χ0v) is 14.0. The van der Waals surface area contributed by atoms with Crippen LogP contribution in [0.25, 0.3) is 0 Å². The molecule has 0 spiro atoms. The molecule has 1 amide bonds. The molecule has 0 saturated heterocycles. The zero-order valence-electron chi connectivity index (χ0n) is 14.0. The van der Waals surface area contributed by atoms with Crippen LogP contribution in [0.3, 0.4) is 0 Å². The molecule has 122 valence electrons. The van der Waals surface area contributed by atoms with Crippen LogP contribution < -0.4 is 15.0 Å². The number of nitrogens with one attached hydrogen (secondary N) is 2. The van der Waals surface area contributed by atoms with E-state index in [4.69, 9.17) is 4.74 Å². The first-order valence-electron chi connectivity index (χ1n) is 7.97. The molecule has 0 aliphatic rings. The highest BCUT2D eigenvalue weighted by molar-refractivity contribution is 5.91. The van der Waals surface area contributed by atoms with Crippen LogP contribution in [0.2, 0.25) is 0 Å². The third kappa shape index (κ3) is 4.83. The molecule has 0 fully saturated rings. The molecule has 0 heterocycles. The largest absolute Gasteiger partial charge is 0.497 e. The van der Waals surface area contributed by atoms with Gasteiger partial charge in [-0.05, 0) is 38.1 Å². The summed E-state index contributed by atoms with van der Waals surface area (Å²) >= 11 is 0. The maximum absolute atomic E-state index is 12.3. The number of hydrogen-bond acceptors (Lipinski definition) is 2. The van der Waals surface area contributed by atoms with Crippen LogP contribution in [-0.4, -0.2) is 26.1 Å². The number of rotatable bonds is 7. The highest BCUT2D eigenvalue weighted by Gasteiger charge is 2.20. The summed E-state index contributed by atoms with van der Waals surface area (Å²) in [4.78, 5) is 13.5. The van der Waals surface area contributed by atoms with Crippen LogP contribution in [-0.2, 0) is 4.79 Å². The van der Waals surface area contributed by atoms with Gasteiger partial charge < -0.3 is 15.0 Å². The van der Waals surface area contributed by atoms with Crippen LogP contribution in [0.1, 0.15) is 25.5 Å². The predicted octanol–water partition coefficient (Wildman–Crippen LogP) is 2.30. The predicted molar refractivity (Wildman–Crippen MR) is 92.9 cm³/mol. The summed E-state index contributed by atoms with van der Waals surface area (Å²) in [6.07, 6.45) is 0. The van der Waals surface area contributed by atoms with E-state index in [-0.39, 0.29) is 11.9 Å². The second-order valence-electron chi connectivity index (χ2n) is 5.60. The highest BCUT2D eigenvalue weighted by Crippen LogP contribution is 2.14. The fourth-order valence-electron chi connectivity index (χ4n) is 2.65. The van der Waals surface area contributed by atoms with E-state index in [1.165, 1.54) is 10.5 Å². The lowest BCUT2D eigenvalue weighted by molar-refractivity contribution is -0.920. The van der Waals surface area contributed by atoms with Crippen molar-refractivity contribution in [3.63, 3.8) is 0 Å². The number of methoxy groups -OCH3 is 1. The van der Waals surface area contributed by atoms with Crippen molar-refractivity contribution >= 4 is 11.6 Å². The summed E-state index contributed by atoms with van der Waals surface area (Å²) in [6.45, 7) is 5.61. The maximum Gasteiger partial charge on any atom is 0.279 e. The maximum atomic E-state index is 12.3. The van der Waals surface area contributed by atoms with Gasteiger partial charge in [0, 0.05) is 11.3 Å². The molecule has 0 aliphatic carbocycles. The third-order valence-corrected chi connectivity index (χ3v) is 4.13. The van der Waals surface area contributed by atoms with Gasteiger partial charge in [-0.1, -0.05) is 30.3 Å². The lowest BCUT2D eigenvalue weighted by atomic mass is 10.1. The number of carbonyl (C=O) groups is 1. The Labute approximate surface area is 138 Å². The SMILES string of the molecule is CC[NH+](CC(=O)Nc1ccc(OC)cc1)[C@H](C)c1ccccc1. The van der Waals surface area contributed by atoms with Crippen molar-refractivity contribution in [3.05, 3.63) is 60.2 Å². The van der Waals surface area contributed by atoms with E-state index in [0.29, 0.717) is 6.54 Å². The molecule has 1 unspecified atom stereocenters. The molecule has 23 heavy (non-hydrogen) atoms. The summed E-state index contributed by atoms with van der Waals surface area (Å²) in [5, 5.41) is 2.95. The Bertz CT molecular complexity index is 611. The molecule has 2 N–H and O–H groups in total. The summed E-state index contributed by atoms with van der Waals surface area (Å²) in [5.41, 5.74) is 2.04. The van der Waals surface area contributed by atoms with Gasteiger partial charge in [-0.25, -0.2) is 0 Å². The number of carbonyl (C=O) groups excluding carboxylic acids is 1. The smallest absolute Gasteiger partial charge is 0.279 e. The van der Waals surface area contributed by atoms with E-state index >= 15 is 0 Å². The van der Waals surface area contributed by atoms with E-state index in [9.17, 15) is 4.79 Å². The normalized spacial score (nSPS) is 13.2. The molecule has 2 rings (SSSR count). The Hall–Kier alpha value is -2.33. The van der Waals surface area contributed by atoms with Crippen LogP contribution in [0.15, 0.2) is 54.6 Å². The van der Waals surface area contributed by atoms with Gasteiger partial charge in [-0.15, -0.1) is 0 Å². The van der Waals surface area contributed by atoms with Gasteiger partial charge in [0.2, 0.25) is 0 Å². The quantitative estimate of drug-likeness (QED) is 0.824. The third-order valence-electron chi connectivity index (χ3n) is 4.13. The van der Waals surface area contributed by atoms with E-state index < -0.39 is 0 Å². The summed E-state index contributed by atoms with van der Waals surface area (Å²) in [5.74, 6) is 0.802. The fourth-order valence-corrected chi connectivity index (χ4v) is 2.65. The first-order valence-corrected chi connectivity index (χ1v) is 7.97. The highest BCUT2D eigenvalue weighted by atomic mass is 16.5. The minimum atomic E-state index is 0.0230. The average Bonchev–Trinajstić information content (AvgIpc) is 2.60. The van der Waals surface area contributed by atoms with Gasteiger partial charge >= 0.3 is 0 Å². The van der Waals surface area contributed by atoms with Crippen LogP contribution in [0, 0.1) is 0 Å². The van der Waals surface area contributed by atoms with E-state index in [0.717, 1.165) is 18.0 Å². The Kier molecular flexibility index (Phi) is 6.18. The molecule has 0 aliphatic heterocycles. The second-order valence-corrected chi connectivity index (χ2v) is 5.60. The Balaban J connectivity index is 1.96. The Morgan fingerprint density at radius 3 is 2.35 bits per heavy atom. The van der Waals surface area contributed by atoms with Gasteiger partial charge in [0.15, 0.2) is 6.54 Å². The first-order chi connectivity index (χ1) is 11.1. The molecular weight excluding hydrogens is 288 g/mol. The number of benzene rings is 2. The summed E-state index contributed by atoms with van der Waals surface area (Å²) in [7, 11) is 1.63. The minimum Gasteiger partial charge on any atom is -0.497 e. The molecule has 0 aromatic heterocycles. The zero-order chi connectivity index (χ0) is 16.7. The molecule has 2 aromatic carbocycles. The summed E-state index contributed by atoms with van der Waals surface area (Å²) < 4.78 is 5.12. The van der Waals surface area contributed by atoms with Gasteiger partial charge in [-0.2, -0.15) is 0 Å².